The van der Waals surface area contributed by atoms with E-state index >= 15 is 0 Å². The Bertz CT molecular complexity index is 1070. The number of benzene rings is 3. The van der Waals surface area contributed by atoms with E-state index in [9.17, 15) is 9.13 Å². The van der Waals surface area contributed by atoms with Crippen LogP contribution in [0.4, 0.5) is 0 Å². The summed E-state index contributed by atoms with van der Waals surface area (Å²) in [6, 6.07) is 17.3. The van der Waals surface area contributed by atoms with E-state index in [0.717, 1.165) is 30.2 Å². The zero-order chi connectivity index (χ0) is 20.4. The van der Waals surface area contributed by atoms with Gasteiger partial charge in [-0.2, -0.15) is 0 Å². The number of hydrogen-bond acceptors (Lipinski definition) is 2. The van der Waals surface area contributed by atoms with Crippen LogP contribution in [0.1, 0.15) is 38.8 Å². The van der Waals surface area contributed by atoms with E-state index in [1.165, 1.54) is 27.1 Å². The molecule has 0 N–H and O–H groups in total. The van der Waals surface area contributed by atoms with Crippen molar-refractivity contribution in [2.24, 2.45) is 0 Å². The molecule has 0 aliphatic carbocycles. The Morgan fingerprint density at radius 3 is 1.93 bits per heavy atom. The summed E-state index contributed by atoms with van der Waals surface area (Å²) in [4.78, 5) is 0. The molecule has 28 heavy (non-hydrogen) atoms. The first-order valence-electron chi connectivity index (χ1n) is 10.4. The highest BCUT2D eigenvalue weighted by Crippen LogP contribution is 2.50. The van der Waals surface area contributed by atoms with Crippen molar-refractivity contribution < 1.29 is 9.13 Å². The zero-order valence-corrected chi connectivity index (χ0v) is 19.4. The van der Waals surface area contributed by atoms with Crippen molar-refractivity contribution in [3.05, 3.63) is 59.7 Å². The Morgan fingerprint density at radius 1 is 0.643 bits per heavy atom. The topological polar surface area (TPSA) is 34.1 Å². The van der Waals surface area contributed by atoms with Crippen LogP contribution < -0.4 is 0 Å². The van der Waals surface area contributed by atoms with E-state index in [1.54, 1.807) is 0 Å². The van der Waals surface area contributed by atoms with Gasteiger partial charge in [-0.15, -0.1) is 0 Å². The van der Waals surface area contributed by atoms with E-state index in [0.29, 0.717) is 12.3 Å². The molecule has 2 nitrogen and oxygen atoms in total. The lowest BCUT2D eigenvalue weighted by atomic mass is 9.99. The standard InChI is InChI=1S/C24H32O2P2/c1-5-27(25,6-2)17-19-12-13-20-16-24-21(15-23(20)14-19)10-9-11-22(24)18-28(26,7-3)8-4/h9-16H,5-8,17-18H2,1-4H3. The molecule has 0 aliphatic heterocycles. The molecule has 3 rings (SSSR count). The van der Waals surface area contributed by atoms with Gasteiger partial charge < -0.3 is 9.13 Å². The van der Waals surface area contributed by atoms with E-state index in [2.05, 4.69) is 48.5 Å². The first-order valence-corrected chi connectivity index (χ1v) is 15.0. The summed E-state index contributed by atoms with van der Waals surface area (Å²) in [5.41, 5.74) is 2.36. The lowest BCUT2D eigenvalue weighted by Gasteiger charge is -2.17. The van der Waals surface area contributed by atoms with Crippen LogP contribution in [0.3, 0.4) is 0 Å². The van der Waals surface area contributed by atoms with Crippen molar-refractivity contribution in [2.45, 2.75) is 40.0 Å². The summed E-state index contributed by atoms with van der Waals surface area (Å²) in [6.07, 6.45) is 4.40. The molecule has 0 heterocycles. The second-order valence-corrected chi connectivity index (χ2v) is 15.3. The Kier molecular flexibility index (Phi) is 6.53. The molecular weight excluding hydrogens is 382 g/mol. The second-order valence-electron chi connectivity index (χ2n) is 7.87. The van der Waals surface area contributed by atoms with Crippen molar-refractivity contribution in [3.8, 4) is 0 Å². The average Bonchev–Trinajstić information content (AvgIpc) is 2.72. The molecule has 0 aromatic heterocycles. The molecule has 0 radical (unpaired) electrons. The molecule has 0 atom stereocenters. The second kappa shape index (κ2) is 8.56. The largest absolute Gasteiger partial charge is 0.323 e. The predicted molar refractivity (Wildman–Crippen MR) is 126 cm³/mol. The summed E-state index contributed by atoms with van der Waals surface area (Å²) in [7, 11) is -4.24. The van der Waals surface area contributed by atoms with E-state index in [-0.39, 0.29) is 0 Å². The molecule has 0 fully saturated rings. The Labute approximate surface area is 169 Å². The third kappa shape index (κ3) is 4.45. The molecular formula is C24H32O2P2. The van der Waals surface area contributed by atoms with Crippen molar-refractivity contribution in [3.63, 3.8) is 0 Å². The van der Waals surface area contributed by atoms with Crippen molar-refractivity contribution in [1.29, 1.82) is 0 Å². The molecule has 4 heteroatoms. The highest BCUT2D eigenvalue weighted by atomic mass is 31.2. The van der Waals surface area contributed by atoms with Crippen molar-refractivity contribution in [1.82, 2.24) is 0 Å². The normalized spacial score (nSPS) is 12.7. The van der Waals surface area contributed by atoms with E-state index in [1.807, 2.05) is 27.7 Å². The van der Waals surface area contributed by atoms with E-state index in [4.69, 9.17) is 0 Å². The maximum absolute atomic E-state index is 13.0. The first kappa shape index (κ1) is 21.4. The van der Waals surface area contributed by atoms with Crippen LogP contribution in [0.25, 0.3) is 21.5 Å². The molecule has 0 amide bonds. The third-order valence-electron chi connectivity index (χ3n) is 6.23. The minimum atomic E-state index is -2.14. The van der Waals surface area contributed by atoms with Gasteiger partial charge in [0.05, 0.1) is 14.3 Å². The molecule has 0 saturated carbocycles. The molecule has 3 aromatic carbocycles. The summed E-state index contributed by atoms with van der Waals surface area (Å²) in [6.45, 7) is 8.15. The molecule has 0 spiro atoms. The summed E-state index contributed by atoms with van der Waals surface area (Å²) >= 11 is 0. The summed E-state index contributed by atoms with van der Waals surface area (Å²) in [5.74, 6) is 0. The molecule has 0 unspecified atom stereocenters. The van der Waals surface area contributed by atoms with Gasteiger partial charge in [0.15, 0.2) is 0 Å². The van der Waals surface area contributed by atoms with Gasteiger partial charge in [-0.05, 0) is 69.5 Å². The van der Waals surface area contributed by atoms with Crippen molar-refractivity contribution >= 4 is 35.8 Å². The van der Waals surface area contributed by atoms with Gasteiger partial charge >= 0.3 is 0 Å². The fraction of sp³-hybridized carbons (Fsp3) is 0.417. The van der Waals surface area contributed by atoms with Crippen LogP contribution in [0, 0.1) is 0 Å². The van der Waals surface area contributed by atoms with Crippen molar-refractivity contribution in [2.75, 3.05) is 24.6 Å². The van der Waals surface area contributed by atoms with Crippen LogP contribution in [-0.4, -0.2) is 24.6 Å². The molecule has 0 saturated heterocycles. The fourth-order valence-electron chi connectivity index (χ4n) is 3.91. The van der Waals surface area contributed by atoms with Gasteiger partial charge in [-0.25, -0.2) is 0 Å². The van der Waals surface area contributed by atoms with Gasteiger partial charge in [-0.3, -0.25) is 0 Å². The lowest BCUT2D eigenvalue weighted by Crippen LogP contribution is -1.96. The maximum atomic E-state index is 13.0. The van der Waals surface area contributed by atoms with Gasteiger partial charge in [0, 0.05) is 12.3 Å². The van der Waals surface area contributed by atoms with Crippen LogP contribution in [-0.2, 0) is 21.5 Å². The Hall–Kier alpha value is -1.36. The average molecular weight is 414 g/mol. The van der Waals surface area contributed by atoms with Crippen LogP contribution >= 0.6 is 14.3 Å². The minimum Gasteiger partial charge on any atom is -0.323 e. The van der Waals surface area contributed by atoms with Crippen LogP contribution in [0.2, 0.25) is 0 Å². The van der Waals surface area contributed by atoms with Gasteiger partial charge in [-0.1, -0.05) is 64.1 Å². The SMILES string of the molecule is CCP(=O)(CC)Cc1ccc2cc3c(CP(=O)(CC)CC)cccc3cc2c1. The first-order chi connectivity index (χ1) is 13.3. The summed E-state index contributed by atoms with van der Waals surface area (Å²) in [5, 5.41) is 4.78. The maximum Gasteiger partial charge on any atom is 0.0914 e. The Balaban J connectivity index is 2.06. The minimum absolute atomic E-state index is 0.678. The molecule has 150 valence electrons. The van der Waals surface area contributed by atoms with Crippen LogP contribution in [0.15, 0.2) is 48.5 Å². The smallest absolute Gasteiger partial charge is 0.0914 e. The van der Waals surface area contributed by atoms with Gasteiger partial charge in [0.25, 0.3) is 0 Å². The van der Waals surface area contributed by atoms with Gasteiger partial charge in [0.1, 0.15) is 0 Å². The van der Waals surface area contributed by atoms with Gasteiger partial charge in [0.2, 0.25) is 0 Å². The number of rotatable bonds is 8. The fourth-order valence-corrected chi connectivity index (χ4v) is 7.46. The Morgan fingerprint density at radius 2 is 1.29 bits per heavy atom. The highest BCUT2D eigenvalue weighted by molar-refractivity contribution is 7.63. The van der Waals surface area contributed by atoms with E-state index < -0.39 is 14.3 Å². The number of fused-ring (bicyclic) bond motifs is 2. The predicted octanol–water partition coefficient (Wildman–Crippen LogP) is 7.80. The number of hydrogen-bond donors (Lipinski definition) is 0. The zero-order valence-electron chi connectivity index (χ0n) is 17.6. The molecule has 0 bridgehead atoms. The summed E-state index contributed by atoms with van der Waals surface area (Å²) < 4.78 is 25.9. The third-order valence-corrected chi connectivity index (χ3v) is 12.7. The monoisotopic (exact) mass is 414 g/mol. The molecule has 0 aliphatic rings. The lowest BCUT2D eigenvalue weighted by molar-refractivity contribution is 0.574. The quantitative estimate of drug-likeness (QED) is 0.278. The highest BCUT2D eigenvalue weighted by Gasteiger charge is 2.20. The van der Waals surface area contributed by atoms with Crippen LogP contribution in [0.5, 0.6) is 0 Å². The molecule has 3 aromatic rings.